The molecule has 0 bridgehead atoms. The molecule has 0 aromatic heterocycles. The Balaban J connectivity index is 1.97. The Kier molecular flexibility index (Phi) is 3.24. The summed E-state index contributed by atoms with van der Waals surface area (Å²) < 4.78 is 4.85. The van der Waals surface area contributed by atoms with Crippen LogP contribution >= 0.6 is 0 Å². The van der Waals surface area contributed by atoms with E-state index in [1.165, 1.54) is 34.7 Å². The summed E-state index contributed by atoms with van der Waals surface area (Å²) in [6, 6.07) is 18.9. The Labute approximate surface area is 142 Å². The quantitative estimate of drug-likeness (QED) is 0.600. The Hall–Kier alpha value is -2.61. The second-order valence-electron chi connectivity index (χ2n) is 6.99. The van der Waals surface area contributed by atoms with Crippen LogP contribution in [0.5, 0.6) is 0 Å². The number of hydrogen-bond acceptors (Lipinski definition) is 2. The number of methoxy groups -OCH3 is 1. The van der Waals surface area contributed by atoms with E-state index in [4.69, 9.17) is 4.74 Å². The lowest BCUT2D eigenvalue weighted by Gasteiger charge is -2.36. The monoisotopic (exact) mass is 316 g/mol. The van der Waals surface area contributed by atoms with E-state index >= 15 is 0 Å². The fraction of sp³-hybridized carbons (Fsp3) is 0.227. The maximum absolute atomic E-state index is 11.8. The predicted molar refractivity (Wildman–Crippen MR) is 96.7 cm³/mol. The molecule has 0 atom stereocenters. The van der Waals surface area contributed by atoms with E-state index in [0.29, 0.717) is 5.56 Å². The zero-order valence-corrected chi connectivity index (χ0v) is 14.2. The van der Waals surface area contributed by atoms with E-state index in [1.54, 1.807) is 0 Å². The van der Waals surface area contributed by atoms with Crippen LogP contribution in [0, 0.1) is 0 Å². The highest BCUT2D eigenvalue weighted by molar-refractivity contribution is 5.97. The topological polar surface area (TPSA) is 26.3 Å². The molecule has 0 spiro atoms. The highest BCUT2D eigenvalue weighted by atomic mass is 16.5. The maximum Gasteiger partial charge on any atom is 0.337 e. The number of esters is 1. The lowest BCUT2D eigenvalue weighted by atomic mass is 9.67. The summed E-state index contributed by atoms with van der Waals surface area (Å²) in [4.78, 5) is 11.8. The van der Waals surface area contributed by atoms with Crippen molar-refractivity contribution in [1.82, 2.24) is 0 Å². The van der Waals surface area contributed by atoms with Crippen molar-refractivity contribution in [2.45, 2.75) is 25.7 Å². The number of fused-ring (bicyclic) bond motifs is 4. The fourth-order valence-electron chi connectivity index (χ4n) is 4.13. The number of rotatable bonds is 1. The zero-order chi connectivity index (χ0) is 16.9. The van der Waals surface area contributed by atoms with Crippen LogP contribution in [0.15, 0.2) is 54.6 Å². The van der Waals surface area contributed by atoms with Crippen molar-refractivity contribution in [3.05, 3.63) is 82.4 Å². The van der Waals surface area contributed by atoms with Gasteiger partial charge in [-0.25, -0.2) is 4.79 Å². The molecular formula is C22H20O2. The number of ether oxygens (including phenoxy) is 1. The van der Waals surface area contributed by atoms with Gasteiger partial charge in [0.25, 0.3) is 0 Å². The second kappa shape index (κ2) is 5.20. The molecule has 0 amide bonds. The number of hydrogen-bond donors (Lipinski definition) is 0. The summed E-state index contributed by atoms with van der Waals surface area (Å²) in [6.45, 7) is 4.58. The van der Waals surface area contributed by atoms with E-state index < -0.39 is 0 Å². The van der Waals surface area contributed by atoms with Gasteiger partial charge in [-0.15, -0.1) is 0 Å². The van der Waals surface area contributed by atoms with Crippen molar-refractivity contribution in [3.8, 4) is 0 Å². The molecule has 0 heterocycles. The van der Waals surface area contributed by atoms with Crippen LogP contribution in [0.1, 0.15) is 46.5 Å². The number of benzene rings is 3. The minimum absolute atomic E-state index is 0.0591. The van der Waals surface area contributed by atoms with Gasteiger partial charge >= 0.3 is 5.97 Å². The van der Waals surface area contributed by atoms with Crippen molar-refractivity contribution in [3.63, 3.8) is 0 Å². The summed E-state index contributed by atoms with van der Waals surface area (Å²) in [6.07, 6.45) is 0.962. The van der Waals surface area contributed by atoms with E-state index in [2.05, 4.69) is 56.3 Å². The Morgan fingerprint density at radius 1 is 1.00 bits per heavy atom. The molecule has 0 N–H and O–H groups in total. The predicted octanol–water partition coefficient (Wildman–Crippen LogP) is 4.86. The average molecular weight is 316 g/mol. The third kappa shape index (κ3) is 2.06. The molecular weight excluding hydrogens is 296 g/mol. The number of carbonyl (C=O) groups excluding carboxylic acids is 1. The van der Waals surface area contributed by atoms with Crippen molar-refractivity contribution >= 4 is 16.7 Å². The van der Waals surface area contributed by atoms with Gasteiger partial charge in [-0.05, 0) is 51.6 Å². The Bertz CT molecular complexity index is 967. The molecule has 4 rings (SSSR count). The molecule has 24 heavy (non-hydrogen) atoms. The van der Waals surface area contributed by atoms with Crippen molar-refractivity contribution < 1.29 is 9.53 Å². The summed E-state index contributed by atoms with van der Waals surface area (Å²) in [5.41, 5.74) is 6.07. The largest absolute Gasteiger partial charge is 0.465 e. The molecule has 120 valence electrons. The molecule has 3 aromatic carbocycles. The van der Waals surface area contributed by atoms with Gasteiger partial charge in [0.05, 0.1) is 12.7 Å². The van der Waals surface area contributed by atoms with E-state index in [9.17, 15) is 4.79 Å². The SMILES string of the molecule is COC(=O)c1ccc2c3c(ccc2c1)Cc1ccccc1C3(C)C. The summed E-state index contributed by atoms with van der Waals surface area (Å²) in [5, 5.41) is 2.31. The average Bonchev–Trinajstić information content (AvgIpc) is 2.60. The van der Waals surface area contributed by atoms with Crippen molar-refractivity contribution in [1.29, 1.82) is 0 Å². The van der Waals surface area contributed by atoms with Crippen LogP contribution < -0.4 is 0 Å². The summed E-state index contributed by atoms with van der Waals surface area (Å²) in [7, 11) is 1.42. The first-order valence-corrected chi connectivity index (χ1v) is 8.25. The van der Waals surface area contributed by atoms with Gasteiger partial charge in [0.1, 0.15) is 0 Å². The maximum atomic E-state index is 11.8. The lowest BCUT2D eigenvalue weighted by Crippen LogP contribution is -2.27. The first kappa shape index (κ1) is 14.9. The van der Waals surface area contributed by atoms with Gasteiger partial charge in [0.15, 0.2) is 0 Å². The Morgan fingerprint density at radius 3 is 2.58 bits per heavy atom. The Morgan fingerprint density at radius 2 is 1.79 bits per heavy atom. The van der Waals surface area contributed by atoms with Crippen LogP contribution in [0.2, 0.25) is 0 Å². The van der Waals surface area contributed by atoms with E-state index in [-0.39, 0.29) is 11.4 Å². The zero-order valence-electron chi connectivity index (χ0n) is 14.2. The van der Waals surface area contributed by atoms with Gasteiger partial charge in [0.2, 0.25) is 0 Å². The second-order valence-corrected chi connectivity index (χ2v) is 6.99. The molecule has 0 fully saturated rings. The molecule has 0 radical (unpaired) electrons. The van der Waals surface area contributed by atoms with Gasteiger partial charge in [0, 0.05) is 5.41 Å². The van der Waals surface area contributed by atoms with Crippen LogP contribution in [0.25, 0.3) is 10.8 Å². The summed E-state index contributed by atoms with van der Waals surface area (Å²) in [5.74, 6) is -0.292. The highest BCUT2D eigenvalue weighted by Gasteiger charge is 2.33. The van der Waals surface area contributed by atoms with Crippen LogP contribution in [-0.2, 0) is 16.6 Å². The lowest BCUT2D eigenvalue weighted by molar-refractivity contribution is 0.0601. The molecule has 0 saturated carbocycles. The van der Waals surface area contributed by atoms with E-state index in [1.807, 2.05) is 12.1 Å². The third-order valence-corrected chi connectivity index (χ3v) is 5.22. The summed E-state index contributed by atoms with van der Waals surface area (Å²) >= 11 is 0. The molecule has 2 nitrogen and oxygen atoms in total. The fourth-order valence-corrected chi connectivity index (χ4v) is 4.13. The molecule has 1 aliphatic carbocycles. The van der Waals surface area contributed by atoms with E-state index in [0.717, 1.165) is 11.8 Å². The third-order valence-electron chi connectivity index (χ3n) is 5.22. The van der Waals surface area contributed by atoms with Gasteiger partial charge in [-0.2, -0.15) is 0 Å². The first-order valence-electron chi connectivity index (χ1n) is 8.25. The minimum Gasteiger partial charge on any atom is -0.465 e. The molecule has 2 heteroatoms. The highest BCUT2D eigenvalue weighted by Crippen LogP contribution is 2.44. The van der Waals surface area contributed by atoms with Crippen molar-refractivity contribution in [2.75, 3.05) is 7.11 Å². The number of carbonyl (C=O) groups is 1. The molecule has 1 aliphatic rings. The molecule has 0 aliphatic heterocycles. The van der Waals surface area contributed by atoms with Crippen LogP contribution in [0.3, 0.4) is 0 Å². The smallest absolute Gasteiger partial charge is 0.337 e. The van der Waals surface area contributed by atoms with Gasteiger partial charge in [-0.3, -0.25) is 0 Å². The van der Waals surface area contributed by atoms with Crippen LogP contribution in [0.4, 0.5) is 0 Å². The minimum atomic E-state index is -0.292. The molecule has 3 aromatic rings. The van der Waals surface area contributed by atoms with Crippen molar-refractivity contribution in [2.24, 2.45) is 0 Å². The normalized spacial score (nSPS) is 14.8. The molecule has 0 saturated heterocycles. The first-order chi connectivity index (χ1) is 11.5. The van der Waals surface area contributed by atoms with Crippen LogP contribution in [-0.4, -0.2) is 13.1 Å². The van der Waals surface area contributed by atoms with Gasteiger partial charge in [-0.1, -0.05) is 56.3 Å². The standard InChI is InChI=1S/C22H20O2/c1-22(2)19-7-5-4-6-15(19)13-16-9-8-14-12-17(21(23)24-3)10-11-18(14)20(16)22/h4-12H,13H2,1-3H3. The van der Waals surface area contributed by atoms with Gasteiger partial charge < -0.3 is 4.74 Å². The molecule has 0 unspecified atom stereocenters.